The summed E-state index contributed by atoms with van der Waals surface area (Å²) >= 11 is 0. The number of azo groups is 2. The van der Waals surface area contributed by atoms with Crippen LogP contribution in [0.1, 0.15) is 0 Å². The smallest absolute Gasteiger partial charge is 0.744 e. The number of benzene rings is 4. The largest absolute Gasteiger partial charge is 1.00 e. The molecule has 4 aromatic rings. The van der Waals surface area contributed by atoms with Crippen LogP contribution < -0.4 is 29.6 Å². The van der Waals surface area contributed by atoms with Crippen molar-refractivity contribution in [2.24, 2.45) is 20.5 Å². The maximum Gasteiger partial charge on any atom is 1.00 e. The Hall–Kier alpha value is -3.04. The molecule has 0 aliphatic heterocycles. The van der Waals surface area contributed by atoms with Crippen LogP contribution in [0.3, 0.4) is 0 Å². The molecule has 4 aromatic carbocycles. The molecule has 0 atom stereocenters. The zero-order valence-electron chi connectivity index (χ0n) is 18.5. The van der Waals surface area contributed by atoms with Crippen LogP contribution in [-0.4, -0.2) is 31.0 Å². The van der Waals surface area contributed by atoms with Crippen molar-refractivity contribution in [3.63, 3.8) is 0 Å². The van der Waals surface area contributed by atoms with Crippen LogP contribution in [0.25, 0.3) is 10.8 Å². The van der Waals surface area contributed by atoms with E-state index in [4.69, 9.17) is 0 Å². The Morgan fingerprint density at radius 2 is 1.11 bits per heavy atom. The minimum absolute atomic E-state index is 0. The molecule has 0 unspecified atom stereocenters. The third kappa shape index (κ3) is 6.59. The Kier molecular flexibility index (Phi) is 8.36. The van der Waals surface area contributed by atoms with Crippen LogP contribution in [-0.2, 0) is 20.2 Å². The monoisotopic (exact) mass is 534 g/mol. The van der Waals surface area contributed by atoms with Gasteiger partial charge in [-0.15, -0.1) is 5.11 Å². The van der Waals surface area contributed by atoms with Crippen LogP contribution >= 0.6 is 0 Å². The van der Waals surface area contributed by atoms with Crippen molar-refractivity contribution in [1.29, 1.82) is 0 Å². The average molecular weight is 535 g/mol. The normalized spacial score (nSPS) is 12.3. The van der Waals surface area contributed by atoms with E-state index in [0.717, 1.165) is 12.1 Å². The van der Waals surface area contributed by atoms with Gasteiger partial charge in [0.2, 0.25) is 0 Å². The fourth-order valence-corrected chi connectivity index (χ4v) is 4.02. The number of rotatable bonds is 6. The fraction of sp³-hybridized carbons (Fsp3) is 0. The molecule has 0 spiro atoms. The summed E-state index contributed by atoms with van der Waals surface area (Å²) < 4.78 is 64.8. The molecule has 0 aromatic heterocycles. The van der Waals surface area contributed by atoms with Gasteiger partial charge in [-0.05, 0) is 72.1 Å². The number of hydrogen-bond acceptors (Lipinski definition) is 10. The Morgan fingerprint density at radius 3 is 1.61 bits per heavy atom. The second-order valence-corrected chi connectivity index (χ2v) is 9.96. The van der Waals surface area contributed by atoms with Gasteiger partial charge in [-0.2, -0.15) is 23.8 Å². The van der Waals surface area contributed by atoms with Crippen molar-refractivity contribution < 1.29 is 60.6 Å². The quantitative estimate of drug-likeness (QED) is 0.216. The molecule has 0 fully saturated rings. The summed E-state index contributed by atoms with van der Waals surface area (Å²) in [4.78, 5) is -0.642. The van der Waals surface area contributed by atoms with Crippen LogP contribution in [0.15, 0.2) is 109 Å². The zero-order chi connectivity index (χ0) is 25.2. The van der Waals surface area contributed by atoms with Crippen molar-refractivity contribution in [1.82, 2.24) is 0 Å². The molecule has 0 heterocycles. The van der Waals surface area contributed by atoms with Crippen molar-refractivity contribution >= 4 is 53.8 Å². The van der Waals surface area contributed by atoms with Crippen molar-refractivity contribution in [2.45, 2.75) is 9.79 Å². The number of nitrogens with zero attached hydrogens (tertiary/aromatic N) is 4. The van der Waals surface area contributed by atoms with E-state index in [0.29, 0.717) is 27.8 Å². The molecule has 0 aliphatic carbocycles. The summed E-state index contributed by atoms with van der Waals surface area (Å²) in [7, 11) is -8.91. The van der Waals surface area contributed by atoms with Gasteiger partial charge in [0, 0.05) is 5.39 Å². The molecule has 0 radical (unpaired) electrons. The summed E-state index contributed by atoms with van der Waals surface area (Å²) in [5.41, 5.74) is 1.37. The maximum atomic E-state index is 11.4. The minimum Gasteiger partial charge on any atom is -0.744 e. The molecule has 0 saturated carbocycles. The van der Waals surface area contributed by atoms with Gasteiger partial charge < -0.3 is 9.66 Å². The Labute approximate surface area is 228 Å². The van der Waals surface area contributed by atoms with E-state index in [-0.39, 0.29) is 50.8 Å². The summed E-state index contributed by atoms with van der Waals surface area (Å²) in [6, 6.07) is 18.1. The standard InChI is InChI=1S/C22H16N4O7S2.Na/c27-21-12-1-14-13-19(35(31,32)33)10-11-20(14)22(21)26-25-16-4-2-15(3-5-16)23-24-17-6-8-18(9-7-17)34(28,29)30;/h1-13,27H,(H,28,29,30)(H,31,32,33);/q;+1/p-1. The third-order valence-electron chi connectivity index (χ3n) is 4.76. The van der Waals surface area contributed by atoms with Gasteiger partial charge in [-0.25, -0.2) is 8.42 Å². The molecule has 0 amide bonds. The minimum atomic E-state index is -4.53. The van der Waals surface area contributed by atoms with E-state index in [1.54, 1.807) is 24.3 Å². The van der Waals surface area contributed by atoms with Gasteiger partial charge >= 0.3 is 29.6 Å². The Balaban J connectivity index is 0.00000361. The zero-order valence-corrected chi connectivity index (χ0v) is 22.2. The molecule has 14 heteroatoms. The van der Waals surface area contributed by atoms with E-state index in [1.165, 1.54) is 42.5 Å². The SMILES string of the molecule is O=S(=O)([O-])c1ccc(N=Nc2ccc(N=Nc3c(O)ccc4cc(S(=O)(=O)O)ccc34)cc2)cc1.[Na+]. The Morgan fingerprint density at radius 1 is 0.639 bits per heavy atom. The molecule has 2 N–H and O–H groups in total. The maximum absolute atomic E-state index is 11.4. The second-order valence-electron chi connectivity index (χ2n) is 7.16. The number of aromatic hydroxyl groups is 1. The summed E-state index contributed by atoms with van der Waals surface area (Å²) in [6.07, 6.45) is 0. The molecule has 0 aliphatic rings. The first-order valence-electron chi connectivity index (χ1n) is 9.73. The van der Waals surface area contributed by atoms with Gasteiger partial charge in [0.25, 0.3) is 10.1 Å². The first kappa shape index (κ1) is 27.5. The predicted molar refractivity (Wildman–Crippen MR) is 125 cm³/mol. The van der Waals surface area contributed by atoms with Crippen molar-refractivity contribution in [3.8, 4) is 5.75 Å². The fourth-order valence-electron chi connectivity index (χ4n) is 3.03. The van der Waals surface area contributed by atoms with Crippen molar-refractivity contribution in [3.05, 3.63) is 78.9 Å². The number of phenolic OH excluding ortho intramolecular Hbond substituents is 1. The van der Waals surface area contributed by atoms with Gasteiger partial charge in [-0.1, -0.05) is 12.1 Å². The van der Waals surface area contributed by atoms with Gasteiger partial charge in [-0.3, -0.25) is 4.55 Å². The predicted octanol–water partition coefficient (Wildman–Crippen LogP) is 2.53. The molecule has 0 saturated heterocycles. The first-order chi connectivity index (χ1) is 16.5. The molecular weight excluding hydrogens is 519 g/mol. The molecule has 0 bridgehead atoms. The number of phenols is 1. The summed E-state index contributed by atoms with van der Waals surface area (Å²) in [6.45, 7) is 0. The topological polar surface area (TPSA) is 181 Å². The van der Waals surface area contributed by atoms with Crippen LogP contribution in [0.5, 0.6) is 5.75 Å². The van der Waals surface area contributed by atoms with E-state index in [9.17, 15) is 31.0 Å². The summed E-state index contributed by atoms with van der Waals surface area (Å²) in [5, 5.41) is 27.2. The molecule has 4 rings (SSSR count). The molecular formula is C22H15N4NaO7S2. The van der Waals surface area contributed by atoms with Gasteiger partial charge in [0.15, 0.2) is 0 Å². The van der Waals surface area contributed by atoms with Gasteiger partial charge in [0.05, 0.1) is 26.9 Å². The van der Waals surface area contributed by atoms with E-state index in [1.807, 2.05) is 0 Å². The van der Waals surface area contributed by atoms with Crippen LogP contribution in [0.4, 0.5) is 22.7 Å². The molecule has 11 nitrogen and oxygen atoms in total. The van der Waals surface area contributed by atoms with E-state index < -0.39 is 20.2 Å². The van der Waals surface area contributed by atoms with Crippen LogP contribution in [0.2, 0.25) is 0 Å². The summed E-state index contributed by atoms with van der Waals surface area (Å²) in [5.74, 6) is -0.165. The van der Waals surface area contributed by atoms with Gasteiger partial charge in [0.1, 0.15) is 21.6 Å². The molecule has 36 heavy (non-hydrogen) atoms. The molecule has 178 valence electrons. The Bertz CT molecular complexity index is 1690. The van der Waals surface area contributed by atoms with E-state index >= 15 is 0 Å². The first-order valence-corrected chi connectivity index (χ1v) is 12.6. The third-order valence-corrected chi connectivity index (χ3v) is 6.46. The van der Waals surface area contributed by atoms with E-state index in [2.05, 4.69) is 20.5 Å². The van der Waals surface area contributed by atoms with Crippen LogP contribution in [0, 0.1) is 0 Å². The number of hydrogen-bond donors (Lipinski definition) is 2. The second kappa shape index (κ2) is 10.9. The van der Waals surface area contributed by atoms with Crippen molar-refractivity contribution in [2.75, 3.05) is 0 Å². The number of fused-ring (bicyclic) bond motifs is 1. The average Bonchev–Trinajstić information content (AvgIpc) is 2.81.